The van der Waals surface area contributed by atoms with Crippen LogP contribution in [0.15, 0.2) is 29.5 Å². The van der Waals surface area contributed by atoms with Gasteiger partial charge in [0.15, 0.2) is 0 Å². The van der Waals surface area contributed by atoms with Gasteiger partial charge in [-0.15, -0.1) is 17.9 Å². The maximum Gasteiger partial charge on any atom is 0.0452 e. The zero-order chi connectivity index (χ0) is 7.68. The van der Waals surface area contributed by atoms with Crippen molar-refractivity contribution in [1.29, 1.82) is 0 Å². The molecule has 2 heteroatoms. The van der Waals surface area contributed by atoms with Crippen molar-refractivity contribution in [3.05, 3.63) is 34.4 Å². The molecule has 0 nitrogen and oxygen atoms in total. The summed E-state index contributed by atoms with van der Waals surface area (Å²) in [7, 11) is 0. The molecule has 2 rings (SSSR count). The minimum Gasteiger partial charge on any atom is -0.150 e. The molecule has 2 heterocycles. The first-order valence-electron chi connectivity index (χ1n) is 3.45. The smallest absolute Gasteiger partial charge is 0.0452 e. The highest BCUT2D eigenvalue weighted by molar-refractivity contribution is 7.22. The molecule has 0 spiro atoms. The fourth-order valence-electron chi connectivity index (χ4n) is 1.07. The van der Waals surface area contributed by atoms with E-state index in [-0.39, 0.29) is 0 Å². The number of rotatable bonds is 2. The number of fused-ring (bicyclic) bond motifs is 1. The van der Waals surface area contributed by atoms with Gasteiger partial charge in [-0.25, -0.2) is 0 Å². The van der Waals surface area contributed by atoms with E-state index in [9.17, 15) is 0 Å². The molecule has 0 radical (unpaired) electrons. The van der Waals surface area contributed by atoms with E-state index in [1.165, 1.54) is 15.0 Å². The summed E-state index contributed by atoms with van der Waals surface area (Å²) < 4.78 is 1.41. The van der Waals surface area contributed by atoms with Crippen LogP contribution in [0.2, 0.25) is 0 Å². The molecule has 56 valence electrons. The molecule has 0 aliphatic carbocycles. The molecule has 0 aliphatic rings. The molecular formula is C9H8S2. The van der Waals surface area contributed by atoms with Crippen LogP contribution in [0, 0.1) is 0 Å². The minimum absolute atomic E-state index is 1.00. The summed E-state index contributed by atoms with van der Waals surface area (Å²) >= 11 is 3.64. The van der Waals surface area contributed by atoms with Crippen molar-refractivity contribution in [3.8, 4) is 0 Å². The van der Waals surface area contributed by atoms with Gasteiger partial charge >= 0.3 is 0 Å². The second-order valence-corrected chi connectivity index (χ2v) is 4.31. The van der Waals surface area contributed by atoms with Crippen LogP contribution in [0.1, 0.15) is 4.88 Å². The number of hydrogen-bond acceptors (Lipinski definition) is 2. The lowest BCUT2D eigenvalue weighted by Gasteiger charge is -1.82. The van der Waals surface area contributed by atoms with Crippen molar-refractivity contribution in [1.82, 2.24) is 0 Å². The van der Waals surface area contributed by atoms with E-state index in [4.69, 9.17) is 0 Å². The third kappa shape index (κ3) is 1.24. The van der Waals surface area contributed by atoms with Gasteiger partial charge in [0.1, 0.15) is 0 Å². The lowest BCUT2D eigenvalue weighted by Crippen LogP contribution is -1.67. The third-order valence-corrected chi connectivity index (χ3v) is 3.59. The van der Waals surface area contributed by atoms with Crippen LogP contribution in [-0.4, -0.2) is 0 Å². The molecule has 0 N–H and O–H groups in total. The predicted molar refractivity (Wildman–Crippen MR) is 53.6 cm³/mol. The Bertz CT molecular complexity index is 339. The van der Waals surface area contributed by atoms with Gasteiger partial charge in [-0.05, 0) is 17.9 Å². The van der Waals surface area contributed by atoms with Gasteiger partial charge in [0, 0.05) is 20.3 Å². The molecule has 0 aliphatic heterocycles. The Hall–Kier alpha value is -0.600. The van der Waals surface area contributed by atoms with Gasteiger partial charge in [0.05, 0.1) is 0 Å². The van der Waals surface area contributed by atoms with Crippen molar-refractivity contribution in [2.24, 2.45) is 0 Å². The van der Waals surface area contributed by atoms with Crippen molar-refractivity contribution < 1.29 is 0 Å². The number of hydrogen-bond donors (Lipinski definition) is 0. The summed E-state index contributed by atoms with van der Waals surface area (Å²) in [6, 6.07) is 2.25. The summed E-state index contributed by atoms with van der Waals surface area (Å²) in [6.45, 7) is 3.72. The van der Waals surface area contributed by atoms with E-state index in [2.05, 4.69) is 23.4 Å². The second kappa shape index (κ2) is 2.80. The first-order valence-corrected chi connectivity index (χ1v) is 5.21. The average molecular weight is 180 g/mol. The SMILES string of the molecule is C=CCc1cc2cscc2s1. The molecule has 0 fully saturated rings. The van der Waals surface area contributed by atoms with Crippen molar-refractivity contribution in [3.63, 3.8) is 0 Å². The first-order chi connectivity index (χ1) is 5.40. The van der Waals surface area contributed by atoms with Crippen LogP contribution in [0.4, 0.5) is 0 Å². The average Bonchev–Trinajstić information content (AvgIpc) is 2.46. The second-order valence-electron chi connectivity index (χ2n) is 2.40. The Kier molecular flexibility index (Phi) is 1.80. The lowest BCUT2D eigenvalue weighted by atomic mass is 10.3. The van der Waals surface area contributed by atoms with Crippen molar-refractivity contribution in [2.45, 2.75) is 6.42 Å². The molecule has 0 saturated heterocycles. The summed E-state index contributed by atoms with van der Waals surface area (Å²) in [5.74, 6) is 0. The number of allylic oxidation sites excluding steroid dienone is 1. The van der Waals surface area contributed by atoms with Gasteiger partial charge in [-0.3, -0.25) is 0 Å². The predicted octanol–water partition coefficient (Wildman–Crippen LogP) is 3.69. The zero-order valence-corrected chi connectivity index (χ0v) is 7.67. The third-order valence-electron chi connectivity index (χ3n) is 1.56. The Labute approximate surface area is 73.8 Å². The first kappa shape index (κ1) is 7.07. The van der Waals surface area contributed by atoms with E-state index < -0.39 is 0 Å². The molecule has 11 heavy (non-hydrogen) atoms. The maximum absolute atomic E-state index is 3.72. The Morgan fingerprint density at radius 3 is 3.09 bits per heavy atom. The van der Waals surface area contributed by atoms with E-state index in [0.29, 0.717) is 0 Å². The highest BCUT2D eigenvalue weighted by Crippen LogP contribution is 2.28. The summed E-state index contributed by atoms with van der Waals surface area (Å²) in [6.07, 6.45) is 2.96. The highest BCUT2D eigenvalue weighted by Gasteiger charge is 1.99. The van der Waals surface area contributed by atoms with Gasteiger partial charge in [0.25, 0.3) is 0 Å². The van der Waals surface area contributed by atoms with Crippen molar-refractivity contribution >= 4 is 32.8 Å². The van der Waals surface area contributed by atoms with Crippen LogP contribution >= 0.6 is 22.7 Å². The van der Waals surface area contributed by atoms with E-state index >= 15 is 0 Å². The highest BCUT2D eigenvalue weighted by atomic mass is 32.1. The normalized spacial score (nSPS) is 10.5. The van der Waals surface area contributed by atoms with Gasteiger partial charge < -0.3 is 0 Å². The molecule has 2 aromatic rings. The maximum atomic E-state index is 3.72. The fourth-order valence-corrected chi connectivity index (χ4v) is 3.08. The fraction of sp³-hybridized carbons (Fsp3) is 0.111. The Morgan fingerprint density at radius 1 is 1.45 bits per heavy atom. The summed E-state index contributed by atoms with van der Waals surface area (Å²) in [5.41, 5.74) is 0. The largest absolute Gasteiger partial charge is 0.150 e. The van der Waals surface area contributed by atoms with E-state index in [1.54, 1.807) is 11.3 Å². The van der Waals surface area contributed by atoms with Crippen LogP contribution < -0.4 is 0 Å². The number of thiophene rings is 2. The van der Waals surface area contributed by atoms with Crippen molar-refractivity contribution in [2.75, 3.05) is 0 Å². The van der Waals surface area contributed by atoms with Crippen LogP contribution in [0.5, 0.6) is 0 Å². The monoisotopic (exact) mass is 180 g/mol. The summed E-state index contributed by atoms with van der Waals surface area (Å²) in [5, 5.41) is 5.78. The molecular weight excluding hydrogens is 172 g/mol. The molecule has 0 amide bonds. The van der Waals surface area contributed by atoms with Crippen LogP contribution in [-0.2, 0) is 6.42 Å². The van der Waals surface area contributed by atoms with Gasteiger partial charge in [-0.2, -0.15) is 11.3 Å². The standard InChI is InChI=1S/C9H8S2/c1-2-3-8-4-7-5-10-6-9(7)11-8/h2,4-6H,1,3H2. The van der Waals surface area contributed by atoms with Crippen LogP contribution in [0.25, 0.3) is 10.1 Å². The molecule has 2 aromatic heterocycles. The topological polar surface area (TPSA) is 0 Å². The Morgan fingerprint density at radius 2 is 2.36 bits per heavy atom. The molecule has 0 atom stereocenters. The molecule has 0 unspecified atom stereocenters. The molecule has 0 bridgehead atoms. The van der Waals surface area contributed by atoms with Crippen LogP contribution in [0.3, 0.4) is 0 Å². The van der Waals surface area contributed by atoms with Gasteiger partial charge in [0.2, 0.25) is 0 Å². The Balaban J connectivity index is 2.49. The molecule has 0 saturated carbocycles. The quantitative estimate of drug-likeness (QED) is 0.618. The van der Waals surface area contributed by atoms with Gasteiger partial charge in [-0.1, -0.05) is 6.08 Å². The summed E-state index contributed by atoms with van der Waals surface area (Å²) in [4.78, 5) is 1.41. The zero-order valence-electron chi connectivity index (χ0n) is 6.04. The minimum atomic E-state index is 1.00. The molecule has 0 aromatic carbocycles. The lowest BCUT2D eigenvalue weighted by molar-refractivity contribution is 1.36. The van der Waals surface area contributed by atoms with E-state index in [0.717, 1.165) is 6.42 Å². The van der Waals surface area contributed by atoms with E-state index in [1.807, 2.05) is 17.4 Å².